The lowest BCUT2D eigenvalue weighted by molar-refractivity contribution is -0.938. The summed E-state index contributed by atoms with van der Waals surface area (Å²) in [6.45, 7) is 0.545. The first-order chi connectivity index (χ1) is 28.4. The number of H-pyrrole nitrogens is 1. The Bertz CT molecular complexity index is 2420. The molecule has 3 aliphatic rings. The van der Waals surface area contributed by atoms with E-state index in [1.165, 1.54) is 12.1 Å². The van der Waals surface area contributed by atoms with Gasteiger partial charge in [0.15, 0.2) is 0 Å². The number of hydrogen-bond donors (Lipinski definition) is 6. The van der Waals surface area contributed by atoms with Crippen molar-refractivity contribution in [2.45, 2.75) is 75.1 Å². The maximum absolute atomic E-state index is 13.2. The number of benzene rings is 4. The molecule has 0 aliphatic carbocycles. The van der Waals surface area contributed by atoms with E-state index in [4.69, 9.17) is 14.2 Å². The number of pyridine rings is 1. The number of nitrogens with one attached hydrogen (secondary N) is 4. The average molecular weight is 868 g/mol. The number of halogens is 1. The summed E-state index contributed by atoms with van der Waals surface area (Å²) in [4.78, 5) is 40.8. The van der Waals surface area contributed by atoms with E-state index in [1.807, 2.05) is 48.5 Å². The fourth-order valence-corrected chi connectivity index (χ4v) is 9.48. The normalized spacial score (nSPS) is 21.7. The summed E-state index contributed by atoms with van der Waals surface area (Å²) >= 11 is 3.59. The summed E-state index contributed by atoms with van der Waals surface area (Å²) in [6.07, 6.45) is 2.18. The number of aromatic hydroxyl groups is 1. The summed E-state index contributed by atoms with van der Waals surface area (Å²) in [5.41, 5.74) is 5.42. The number of methoxy groups -OCH3 is 1. The first kappa shape index (κ1) is 40.5. The number of likely N-dealkylation sites (N-methyl/N-ethyl adjacent to an activating group) is 1. The quantitative estimate of drug-likeness (QED) is 0.0521. The van der Waals surface area contributed by atoms with Crippen molar-refractivity contribution in [3.8, 4) is 22.6 Å². The molecule has 0 saturated carbocycles. The summed E-state index contributed by atoms with van der Waals surface area (Å²) < 4.78 is 19.1. The van der Waals surface area contributed by atoms with Gasteiger partial charge in [-0.05, 0) is 75.8 Å². The minimum Gasteiger partial charge on any atom is -0.506 e. The fraction of sp³-hybridized carbons (Fsp3) is 0.356. The van der Waals surface area contributed by atoms with Crippen molar-refractivity contribution in [1.82, 2.24) is 10.3 Å². The molecule has 3 aliphatic heterocycles. The van der Waals surface area contributed by atoms with Crippen LogP contribution in [-0.2, 0) is 27.2 Å². The fourth-order valence-electron chi connectivity index (χ4n) is 8.99. The van der Waals surface area contributed by atoms with Gasteiger partial charge in [0.1, 0.15) is 41.9 Å². The van der Waals surface area contributed by atoms with Crippen molar-refractivity contribution >= 4 is 50.2 Å². The van der Waals surface area contributed by atoms with Crippen LogP contribution < -0.4 is 26.2 Å². The van der Waals surface area contributed by atoms with Crippen LogP contribution in [0.15, 0.2) is 94.2 Å². The summed E-state index contributed by atoms with van der Waals surface area (Å²) in [7, 11) is 6.06. The van der Waals surface area contributed by atoms with Gasteiger partial charge in [-0.15, -0.1) is 0 Å². The molecule has 6 atom stereocenters. The molecule has 1 aromatic heterocycles. The van der Waals surface area contributed by atoms with E-state index in [1.54, 1.807) is 25.3 Å². The number of amides is 2. The van der Waals surface area contributed by atoms with Crippen LogP contribution in [0.3, 0.4) is 0 Å². The second-order valence-corrected chi connectivity index (χ2v) is 17.0. The lowest BCUT2D eigenvalue weighted by Gasteiger charge is -2.45. The predicted molar refractivity (Wildman–Crippen MR) is 229 cm³/mol. The Morgan fingerprint density at radius 1 is 0.966 bits per heavy atom. The van der Waals surface area contributed by atoms with Crippen LogP contribution >= 0.6 is 15.9 Å². The molecule has 3 fully saturated rings. The van der Waals surface area contributed by atoms with Crippen molar-refractivity contribution in [2.24, 2.45) is 0 Å². The van der Waals surface area contributed by atoms with Crippen LogP contribution in [0.25, 0.3) is 22.0 Å². The molecule has 2 amide bonds. The number of ether oxygens (including phenoxy) is 3. The number of aromatic amines is 1. The van der Waals surface area contributed by atoms with Gasteiger partial charge in [-0.3, -0.25) is 14.9 Å². The SMILES string of the molecule is COc1cc(NC(=O)CCCc2ccc(NC(=O)OC3C[C@@H]4[C@H]5O[C@H]5[C@H](C3)[N+]4(C)C)c(-c3ccccc3)c2)c(Br)cc1CNC[C@H](O)c1ccc(O)c2[nH]c(=O)ccc12. The highest BCUT2D eigenvalue weighted by Crippen LogP contribution is 2.51. The number of quaternary nitrogens is 1. The number of epoxide rings is 1. The van der Waals surface area contributed by atoms with E-state index in [-0.39, 0.29) is 54.0 Å². The van der Waals surface area contributed by atoms with Crippen LogP contribution in [0.4, 0.5) is 16.2 Å². The number of piperidine rings is 1. The van der Waals surface area contributed by atoms with Crippen molar-refractivity contribution in [3.63, 3.8) is 0 Å². The standard InChI is InChI=1S/C45H48BrN5O8/c1-51(2)35-20-28(21-36(51)44-43(35)59-44)58-45(56)49-33-15-12-25(18-31(33)26-9-5-4-6-10-26)8-7-11-40(54)48-34-22-39(57-3)27(19-32(34)46)23-47-24-38(53)29-13-16-37(52)42-30(29)14-17-41(55)50-42/h4-6,9-10,12-19,22,28,35-36,38,43-44,47,53H,7-8,11,20-21,23-24H2,1-3H3,(H3-,48,49,50,52,54,55,56)/p+1/t28?,35-,36+,38-,43-,44+/m0/s1. The third-order valence-electron chi connectivity index (χ3n) is 12.1. The number of anilines is 2. The van der Waals surface area contributed by atoms with Crippen LogP contribution in [0.5, 0.6) is 11.5 Å². The van der Waals surface area contributed by atoms with Gasteiger partial charge in [-0.2, -0.15) is 0 Å². The lowest BCUT2D eigenvalue weighted by atomic mass is 9.96. The number of phenols is 1. The molecule has 3 saturated heterocycles. The number of phenolic OH excluding ortho intramolecular Hbond substituents is 1. The third kappa shape index (κ3) is 8.59. The molecule has 5 aromatic rings. The Balaban J connectivity index is 0.848. The topological polar surface area (TPSA) is 175 Å². The van der Waals surface area contributed by atoms with Crippen molar-refractivity contribution in [2.75, 3.05) is 38.4 Å². The molecule has 1 unspecified atom stereocenters. The van der Waals surface area contributed by atoms with Crippen molar-refractivity contribution in [3.05, 3.63) is 116 Å². The van der Waals surface area contributed by atoms with E-state index >= 15 is 0 Å². The zero-order valence-electron chi connectivity index (χ0n) is 33.2. The maximum Gasteiger partial charge on any atom is 0.411 e. The minimum atomic E-state index is -0.920. The number of aromatic nitrogens is 1. The third-order valence-corrected chi connectivity index (χ3v) is 12.8. The van der Waals surface area contributed by atoms with Gasteiger partial charge in [-0.25, -0.2) is 4.79 Å². The second-order valence-electron chi connectivity index (χ2n) is 16.2. The summed E-state index contributed by atoms with van der Waals surface area (Å²) in [5.74, 6) is 0.345. The highest BCUT2D eigenvalue weighted by molar-refractivity contribution is 9.10. The van der Waals surface area contributed by atoms with Gasteiger partial charge in [-0.1, -0.05) is 42.5 Å². The van der Waals surface area contributed by atoms with Gasteiger partial charge < -0.3 is 44.5 Å². The Morgan fingerprint density at radius 2 is 1.73 bits per heavy atom. The Hall–Kier alpha value is -5.25. The van der Waals surface area contributed by atoms with Crippen molar-refractivity contribution < 1.29 is 38.5 Å². The molecule has 308 valence electrons. The number of hydrogen-bond acceptors (Lipinski definition) is 9. The molecule has 59 heavy (non-hydrogen) atoms. The first-order valence-corrected chi connectivity index (χ1v) is 20.7. The summed E-state index contributed by atoms with van der Waals surface area (Å²) in [5, 5.41) is 31.0. The zero-order chi connectivity index (χ0) is 41.4. The highest BCUT2D eigenvalue weighted by atomic mass is 79.9. The number of carbonyl (C=O) groups is 2. The number of morpholine rings is 1. The lowest BCUT2D eigenvalue weighted by Crippen LogP contribution is -2.60. The number of fused-ring (bicyclic) bond motifs is 6. The molecule has 0 radical (unpaired) electrons. The first-order valence-electron chi connectivity index (χ1n) is 19.9. The molecule has 0 spiro atoms. The number of rotatable bonds is 14. The van der Waals surface area contributed by atoms with Crippen LogP contribution in [0.1, 0.15) is 48.5 Å². The van der Waals surface area contributed by atoms with Crippen LogP contribution in [0, 0.1) is 0 Å². The maximum atomic E-state index is 13.2. The van der Waals surface area contributed by atoms with E-state index in [2.05, 4.69) is 57.0 Å². The van der Waals surface area contributed by atoms with Gasteiger partial charge >= 0.3 is 6.09 Å². The molecule has 4 aromatic carbocycles. The van der Waals surface area contributed by atoms with Crippen LogP contribution in [-0.4, -0.2) is 89.8 Å². The molecule has 4 heterocycles. The molecule has 2 bridgehead atoms. The van der Waals surface area contributed by atoms with Gasteiger partial charge in [0.25, 0.3) is 0 Å². The number of aliphatic hydroxyl groups excluding tert-OH is 1. The molecule has 6 N–H and O–H groups in total. The van der Waals surface area contributed by atoms with E-state index < -0.39 is 12.2 Å². The van der Waals surface area contributed by atoms with E-state index in [0.29, 0.717) is 64.0 Å². The smallest absolute Gasteiger partial charge is 0.411 e. The van der Waals surface area contributed by atoms with E-state index in [0.717, 1.165) is 39.6 Å². The summed E-state index contributed by atoms with van der Waals surface area (Å²) in [6, 6.07) is 26.2. The number of carbonyl (C=O) groups excluding carboxylic acids is 2. The van der Waals surface area contributed by atoms with E-state index in [9.17, 15) is 24.6 Å². The Labute approximate surface area is 350 Å². The van der Waals surface area contributed by atoms with Gasteiger partial charge in [0, 0.05) is 65.5 Å². The van der Waals surface area contributed by atoms with Crippen LogP contribution in [0.2, 0.25) is 0 Å². The largest absolute Gasteiger partial charge is 0.506 e. The molecular weight excluding hydrogens is 818 g/mol. The second kappa shape index (κ2) is 16.8. The number of aryl methyl sites for hydroxylation is 1. The Morgan fingerprint density at radius 3 is 2.47 bits per heavy atom. The highest BCUT2D eigenvalue weighted by Gasteiger charge is 2.70. The molecule has 14 heteroatoms. The minimum absolute atomic E-state index is 0.0717. The zero-order valence-corrected chi connectivity index (χ0v) is 34.8. The Kier molecular flexibility index (Phi) is 11.5. The molecular formula is C45H49BrN5O8+. The van der Waals surface area contributed by atoms with Crippen molar-refractivity contribution in [1.29, 1.82) is 0 Å². The number of nitrogens with zero attached hydrogens (tertiary/aromatic N) is 1. The van der Waals surface area contributed by atoms with Gasteiger partial charge in [0.05, 0.1) is 44.2 Å². The monoisotopic (exact) mass is 866 g/mol. The predicted octanol–water partition coefficient (Wildman–Crippen LogP) is 6.76. The average Bonchev–Trinajstić information content (AvgIpc) is 3.99. The molecule has 13 nitrogen and oxygen atoms in total. The number of aliphatic hydroxyl groups is 1. The van der Waals surface area contributed by atoms with Gasteiger partial charge in [0.2, 0.25) is 11.5 Å². The molecule has 8 rings (SSSR count).